The first-order chi connectivity index (χ1) is 12.6. The fourth-order valence-electron chi connectivity index (χ4n) is 3.04. The number of nitrogens with zero attached hydrogens (tertiary/aromatic N) is 1. The van der Waals surface area contributed by atoms with Crippen LogP contribution < -0.4 is 10.2 Å². The number of carbonyl (C=O) groups is 1. The molecule has 0 saturated carbocycles. The Labute approximate surface area is 153 Å². The number of likely N-dealkylation sites (N-methyl/N-ethyl adjacent to an activating group) is 1. The zero-order valence-electron chi connectivity index (χ0n) is 14.8. The summed E-state index contributed by atoms with van der Waals surface area (Å²) in [6, 6.07) is 24.2. The largest absolute Gasteiger partial charge is 0.326 e. The van der Waals surface area contributed by atoms with Crippen LogP contribution in [0.4, 0.5) is 5.69 Å². The Kier molecular flexibility index (Phi) is 5.62. The van der Waals surface area contributed by atoms with Crippen LogP contribution in [0.2, 0.25) is 0 Å². The minimum Gasteiger partial charge on any atom is -0.326 e. The number of hydrogen-bond donors (Lipinski definition) is 2. The Morgan fingerprint density at radius 2 is 1.69 bits per heavy atom. The van der Waals surface area contributed by atoms with E-state index in [2.05, 4.69) is 41.7 Å². The molecule has 2 N–H and O–H groups in total. The van der Waals surface area contributed by atoms with E-state index in [0.717, 1.165) is 22.7 Å². The quantitative estimate of drug-likeness (QED) is 0.722. The van der Waals surface area contributed by atoms with Crippen molar-refractivity contribution in [2.24, 2.45) is 0 Å². The van der Waals surface area contributed by atoms with E-state index in [0.29, 0.717) is 13.0 Å². The molecular formula is C22H22N3O+. The lowest BCUT2D eigenvalue weighted by Crippen LogP contribution is -3.08. The van der Waals surface area contributed by atoms with Crippen LogP contribution in [-0.4, -0.2) is 19.5 Å². The van der Waals surface area contributed by atoms with Crippen molar-refractivity contribution in [2.75, 3.05) is 18.9 Å². The van der Waals surface area contributed by atoms with Gasteiger partial charge in [-0.1, -0.05) is 48.5 Å². The normalized spacial score (nSPS) is 11.7. The van der Waals surface area contributed by atoms with Crippen LogP contribution in [0, 0.1) is 11.3 Å². The second kappa shape index (κ2) is 8.28. The average molecular weight is 344 g/mol. The Balaban J connectivity index is 1.55. The number of hydrogen-bond acceptors (Lipinski definition) is 2. The highest BCUT2D eigenvalue weighted by molar-refractivity contribution is 5.91. The summed E-state index contributed by atoms with van der Waals surface area (Å²) in [6.07, 6.45) is 0.382. The summed E-state index contributed by atoms with van der Waals surface area (Å²) in [7, 11) is 2.02. The second-order valence-electron chi connectivity index (χ2n) is 6.57. The maximum atomic E-state index is 12.3. The van der Waals surface area contributed by atoms with E-state index >= 15 is 0 Å². The maximum absolute atomic E-state index is 12.3. The zero-order valence-corrected chi connectivity index (χ0v) is 14.8. The van der Waals surface area contributed by atoms with Gasteiger partial charge in [-0.3, -0.25) is 4.79 Å². The number of benzene rings is 3. The Bertz CT molecular complexity index is 942. The summed E-state index contributed by atoms with van der Waals surface area (Å²) in [5, 5.41) is 14.1. The van der Waals surface area contributed by atoms with E-state index in [1.807, 2.05) is 43.4 Å². The molecule has 3 aromatic rings. The van der Waals surface area contributed by atoms with Crippen LogP contribution in [0.5, 0.6) is 0 Å². The molecule has 130 valence electrons. The van der Waals surface area contributed by atoms with Crippen LogP contribution in [0.25, 0.3) is 10.8 Å². The Hall–Kier alpha value is -3.16. The molecule has 0 bridgehead atoms. The van der Waals surface area contributed by atoms with Gasteiger partial charge in [0, 0.05) is 11.3 Å². The van der Waals surface area contributed by atoms with E-state index in [9.17, 15) is 4.79 Å². The molecule has 0 saturated heterocycles. The highest BCUT2D eigenvalue weighted by Gasteiger charge is 2.11. The summed E-state index contributed by atoms with van der Waals surface area (Å²) in [5.41, 5.74) is 2.93. The maximum Gasteiger partial charge on any atom is 0.279 e. The molecule has 1 amide bonds. The molecular weight excluding hydrogens is 322 g/mol. The lowest BCUT2D eigenvalue weighted by Gasteiger charge is -2.14. The van der Waals surface area contributed by atoms with Gasteiger partial charge in [-0.2, -0.15) is 5.26 Å². The molecule has 0 aliphatic rings. The molecule has 1 unspecified atom stereocenters. The van der Waals surface area contributed by atoms with Gasteiger partial charge >= 0.3 is 0 Å². The average Bonchev–Trinajstić information content (AvgIpc) is 2.63. The first-order valence-corrected chi connectivity index (χ1v) is 8.69. The molecule has 3 aromatic carbocycles. The van der Waals surface area contributed by atoms with Gasteiger partial charge in [0.15, 0.2) is 6.54 Å². The third kappa shape index (κ3) is 4.69. The lowest BCUT2D eigenvalue weighted by molar-refractivity contribution is -0.885. The predicted molar refractivity (Wildman–Crippen MR) is 104 cm³/mol. The van der Waals surface area contributed by atoms with Crippen LogP contribution in [0.1, 0.15) is 11.1 Å². The predicted octanol–water partition coefficient (Wildman–Crippen LogP) is 2.56. The number of anilines is 1. The van der Waals surface area contributed by atoms with Gasteiger partial charge in [-0.25, -0.2) is 0 Å². The van der Waals surface area contributed by atoms with Crippen LogP contribution in [-0.2, 0) is 17.8 Å². The first kappa shape index (κ1) is 17.7. The number of amides is 1. The number of quaternary nitrogens is 1. The topological polar surface area (TPSA) is 57.3 Å². The highest BCUT2D eigenvalue weighted by Crippen LogP contribution is 2.15. The SMILES string of the molecule is C[NH+](CC(=O)Nc1ccc(CC#N)cc1)Cc1ccc2ccccc2c1. The fraction of sp³-hybridized carbons (Fsp3) is 0.182. The zero-order chi connectivity index (χ0) is 18.4. The van der Waals surface area contributed by atoms with E-state index in [4.69, 9.17) is 5.26 Å². The fourth-order valence-corrected chi connectivity index (χ4v) is 3.04. The molecule has 0 fully saturated rings. The van der Waals surface area contributed by atoms with Crippen molar-refractivity contribution in [3.63, 3.8) is 0 Å². The van der Waals surface area contributed by atoms with Gasteiger partial charge < -0.3 is 10.2 Å². The summed E-state index contributed by atoms with van der Waals surface area (Å²) in [6.45, 7) is 1.19. The lowest BCUT2D eigenvalue weighted by atomic mass is 10.1. The third-order valence-corrected chi connectivity index (χ3v) is 4.30. The molecule has 0 aliphatic heterocycles. The van der Waals surface area contributed by atoms with E-state index < -0.39 is 0 Å². The van der Waals surface area contributed by atoms with Crippen molar-refractivity contribution in [2.45, 2.75) is 13.0 Å². The van der Waals surface area contributed by atoms with Crippen LogP contribution in [0.3, 0.4) is 0 Å². The number of fused-ring (bicyclic) bond motifs is 1. The summed E-state index contributed by atoms with van der Waals surface area (Å²) in [4.78, 5) is 13.4. The van der Waals surface area contributed by atoms with Gasteiger partial charge in [0.25, 0.3) is 5.91 Å². The van der Waals surface area contributed by atoms with Gasteiger partial charge in [0.05, 0.1) is 19.5 Å². The van der Waals surface area contributed by atoms with Gasteiger partial charge in [-0.15, -0.1) is 0 Å². The third-order valence-electron chi connectivity index (χ3n) is 4.30. The number of nitrogens with one attached hydrogen (secondary N) is 2. The molecule has 0 heterocycles. The van der Waals surface area contributed by atoms with Crippen molar-refractivity contribution in [1.29, 1.82) is 5.26 Å². The van der Waals surface area contributed by atoms with Crippen LogP contribution in [0.15, 0.2) is 66.7 Å². The van der Waals surface area contributed by atoms with Crippen molar-refractivity contribution in [3.05, 3.63) is 77.9 Å². The second-order valence-corrected chi connectivity index (χ2v) is 6.57. The van der Waals surface area contributed by atoms with Gasteiger partial charge in [0.1, 0.15) is 6.54 Å². The highest BCUT2D eigenvalue weighted by atomic mass is 16.2. The monoisotopic (exact) mass is 344 g/mol. The molecule has 26 heavy (non-hydrogen) atoms. The van der Waals surface area contributed by atoms with Crippen molar-refractivity contribution < 1.29 is 9.69 Å². The van der Waals surface area contributed by atoms with Crippen molar-refractivity contribution in [1.82, 2.24) is 0 Å². The van der Waals surface area contributed by atoms with Gasteiger partial charge in [0.2, 0.25) is 0 Å². The van der Waals surface area contributed by atoms with E-state index in [1.165, 1.54) is 16.3 Å². The summed E-state index contributed by atoms with van der Waals surface area (Å²) in [5.74, 6) is -0.0173. The Morgan fingerprint density at radius 3 is 2.42 bits per heavy atom. The smallest absolute Gasteiger partial charge is 0.279 e. The van der Waals surface area contributed by atoms with E-state index in [1.54, 1.807) is 0 Å². The van der Waals surface area contributed by atoms with Gasteiger partial charge in [-0.05, 0) is 34.5 Å². The van der Waals surface area contributed by atoms with Crippen molar-refractivity contribution >= 4 is 22.4 Å². The van der Waals surface area contributed by atoms with Crippen LogP contribution >= 0.6 is 0 Å². The molecule has 3 rings (SSSR count). The summed E-state index contributed by atoms with van der Waals surface area (Å²) >= 11 is 0. The minimum absolute atomic E-state index is 0.0173. The number of carbonyl (C=O) groups excluding carboxylic acids is 1. The first-order valence-electron chi connectivity index (χ1n) is 8.69. The molecule has 4 heteroatoms. The van der Waals surface area contributed by atoms with E-state index in [-0.39, 0.29) is 5.91 Å². The van der Waals surface area contributed by atoms with Crippen molar-refractivity contribution in [3.8, 4) is 6.07 Å². The minimum atomic E-state index is -0.0173. The molecule has 1 atom stereocenters. The number of nitriles is 1. The Morgan fingerprint density at radius 1 is 1.00 bits per heavy atom. The summed E-state index contributed by atoms with van der Waals surface area (Å²) < 4.78 is 0. The number of rotatable bonds is 6. The standard InChI is InChI=1S/C22H21N3O/c1-25(15-18-6-9-19-4-2-3-5-20(19)14-18)16-22(26)24-21-10-7-17(8-11-21)12-13-23/h2-11,14H,12,15-16H2,1H3,(H,24,26)/p+1. The molecule has 0 aliphatic carbocycles. The molecule has 4 nitrogen and oxygen atoms in total. The molecule has 0 radical (unpaired) electrons. The molecule has 0 spiro atoms. The molecule has 0 aromatic heterocycles.